The third kappa shape index (κ3) is 2.00. The van der Waals surface area contributed by atoms with E-state index in [1.54, 1.807) is 0 Å². The fourth-order valence-corrected chi connectivity index (χ4v) is 8.97. The van der Waals surface area contributed by atoms with Gasteiger partial charge in [0.15, 0.2) is 5.78 Å². The van der Waals surface area contributed by atoms with Crippen LogP contribution in [-0.4, -0.2) is 46.3 Å². The quantitative estimate of drug-likeness (QED) is 0.720. The summed E-state index contributed by atoms with van der Waals surface area (Å²) in [7, 11) is 0. The number of rotatable bonds is 2. The van der Waals surface area contributed by atoms with Crippen molar-refractivity contribution in [3.05, 3.63) is 0 Å². The van der Waals surface area contributed by atoms with Crippen molar-refractivity contribution in [3.63, 3.8) is 0 Å². The summed E-state index contributed by atoms with van der Waals surface area (Å²) in [6.07, 6.45) is 7.36. The molecule has 4 aliphatic carbocycles. The van der Waals surface area contributed by atoms with Crippen LogP contribution in [0.25, 0.3) is 0 Å². The zero-order valence-corrected chi connectivity index (χ0v) is 16.4. The van der Waals surface area contributed by atoms with Gasteiger partial charge in [0, 0.05) is 11.3 Å². The van der Waals surface area contributed by atoms with Crippen molar-refractivity contribution in [3.8, 4) is 0 Å². The van der Waals surface area contributed by atoms with E-state index in [9.17, 15) is 15.0 Å². The number of ketones is 1. The van der Waals surface area contributed by atoms with E-state index in [-0.39, 0.29) is 41.3 Å². The van der Waals surface area contributed by atoms with Crippen LogP contribution in [0.15, 0.2) is 0 Å². The highest BCUT2D eigenvalue weighted by molar-refractivity contribution is 6.25. The molecule has 0 aromatic carbocycles. The van der Waals surface area contributed by atoms with Gasteiger partial charge in [0.2, 0.25) is 0 Å². The first-order valence-corrected chi connectivity index (χ1v) is 10.9. The molecule has 0 amide bonds. The Labute approximate surface area is 160 Å². The maximum Gasteiger partial charge on any atom is 0.161 e. The first-order chi connectivity index (χ1) is 12.4. The van der Waals surface area contributed by atoms with E-state index in [1.165, 1.54) is 0 Å². The molecule has 5 aliphatic rings. The number of hydrogen-bond donors (Lipinski definition) is 2. The molecule has 26 heavy (non-hydrogen) atoms. The van der Waals surface area contributed by atoms with Crippen LogP contribution in [0.5, 0.6) is 0 Å². The average molecular weight is 383 g/mol. The molecule has 1 aliphatic heterocycles. The van der Waals surface area contributed by atoms with Crippen molar-refractivity contribution in [1.82, 2.24) is 0 Å². The Kier molecular flexibility index (Phi) is 3.91. The second kappa shape index (κ2) is 5.68. The van der Waals surface area contributed by atoms with Crippen molar-refractivity contribution < 1.29 is 19.7 Å². The van der Waals surface area contributed by atoms with Gasteiger partial charge in [-0.05, 0) is 74.5 Å². The number of carbonyl (C=O) groups excluding carboxylic acids is 1. The number of ether oxygens (including phenoxy) is 1. The van der Waals surface area contributed by atoms with Crippen LogP contribution in [0.3, 0.4) is 0 Å². The minimum absolute atomic E-state index is 0.00176. The molecule has 1 saturated heterocycles. The Morgan fingerprint density at radius 2 is 2.00 bits per heavy atom. The fraction of sp³-hybridized carbons (Fsp3) is 0.952. The normalized spacial score (nSPS) is 58.0. The Morgan fingerprint density at radius 3 is 2.77 bits per heavy atom. The number of alkyl halides is 1. The minimum atomic E-state index is -0.404. The lowest BCUT2D eigenvalue weighted by Crippen LogP contribution is -2.63. The predicted octanol–water partition coefficient (Wildman–Crippen LogP) is 2.92. The van der Waals surface area contributed by atoms with E-state index < -0.39 is 4.87 Å². The molecule has 4 nitrogen and oxygen atoms in total. The lowest BCUT2D eigenvalue weighted by Gasteiger charge is -2.62. The number of fused-ring (bicyclic) bond motifs is 3. The highest BCUT2D eigenvalue weighted by Crippen LogP contribution is 2.72. The van der Waals surface area contributed by atoms with Gasteiger partial charge in [-0.2, -0.15) is 0 Å². The molecule has 3 unspecified atom stereocenters. The maximum atomic E-state index is 12.4. The van der Waals surface area contributed by atoms with E-state index in [1.807, 2.05) is 0 Å². The fourth-order valence-electron chi connectivity index (χ4n) is 8.35. The van der Waals surface area contributed by atoms with Gasteiger partial charge in [0.1, 0.15) is 6.61 Å². The Hall–Kier alpha value is -0.160. The van der Waals surface area contributed by atoms with Gasteiger partial charge in [-0.3, -0.25) is 4.79 Å². The largest absolute Gasteiger partial charge is 0.393 e. The van der Waals surface area contributed by atoms with Gasteiger partial charge in [-0.25, -0.2) is 0 Å². The molecule has 0 aromatic heterocycles. The SMILES string of the molecule is C[C@]12CCC3C(C[C@H]4OC[C@@]35CC[C@H](O)C[C@]45Cl)C1CC[C@@H]2C(=O)CO. The Morgan fingerprint density at radius 1 is 1.19 bits per heavy atom. The average Bonchev–Trinajstić information content (AvgIpc) is 3.03. The van der Waals surface area contributed by atoms with Crippen molar-refractivity contribution >= 4 is 17.4 Å². The number of aliphatic hydroxyl groups is 2. The molecule has 4 saturated carbocycles. The third-order valence-corrected chi connectivity index (χ3v) is 10.3. The van der Waals surface area contributed by atoms with E-state index in [2.05, 4.69) is 6.92 Å². The molecule has 5 fully saturated rings. The lowest BCUT2D eigenvalue weighted by molar-refractivity contribution is -0.136. The molecule has 2 N–H and O–H groups in total. The summed E-state index contributed by atoms with van der Waals surface area (Å²) in [4.78, 5) is 12.0. The maximum absolute atomic E-state index is 12.4. The van der Waals surface area contributed by atoms with E-state index in [4.69, 9.17) is 16.3 Å². The van der Waals surface area contributed by atoms with E-state index in [0.717, 1.165) is 51.6 Å². The van der Waals surface area contributed by atoms with E-state index in [0.29, 0.717) is 24.2 Å². The molecular formula is C21H31ClO4. The van der Waals surface area contributed by atoms with Crippen LogP contribution in [0.4, 0.5) is 0 Å². The molecule has 5 heteroatoms. The Bertz CT molecular complexity index is 625. The van der Waals surface area contributed by atoms with Gasteiger partial charge in [0.05, 0.1) is 23.7 Å². The molecule has 9 atom stereocenters. The van der Waals surface area contributed by atoms with Gasteiger partial charge in [0.25, 0.3) is 0 Å². The highest BCUT2D eigenvalue weighted by atomic mass is 35.5. The topological polar surface area (TPSA) is 66.8 Å². The second-order valence-corrected chi connectivity index (χ2v) is 10.8. The number of carbonyl (C=O) groups is 1. The molecule has 0 spiro atoms. The van der Waals surface area contributed by atoms with Crippen molar-refractivity contribution in [1.29, 1.82) is 0 Å². The van der Waals surface area contributed by atoms with Crippen LogP contribution in [0.1, 0.15) is 58.3 Å². The molecule has 2 bridgehead atoms. The Balaban J connectivity index is 1.50. The smallest absolute Gasteiger partial charge is 0.161 e. The predicted molar refractivity (Wildman–Crippen MR) is 97.9 cm³/mol. The van der Waals surface area contributed by atoms with Gasteiger partial charge in [-0.15, -0.1) is 11.6 Å². The molecule has 146 valence electrons. The standard InChI is InChI=1S/C21H31ClO4/c1-19-6-5-15-13(14(19)2-3-16(19)17(25)10-23)8-18-21(22)9-12(24)4-7-20(15,21)11-26-18/h12-16,18,23-24H,2-11H2,1H3/t12-,13?,14?,15?,16+,18+,19-,20-,21-/m0/s1. The molecule has 5 rings (SSSR count). The minimum Gasteiger partial charge on any atom is -0.393 e. The number of Topliss-reactive ketones (excluding diaryl/α,β-unsaturated/α-hetero) is 1. The van der Waals surface area contributed by atoms with Crippen LogP contribution in [0.2, 0.25) is 0 Å². The van der Waals surface area contributed by atoms with Crippen LogP contribution in [-0.2, 0) is 9.53 Å². The second-order valence-electron chi connectivity index (χ2n) is 10.1. The molecule has 0 radical (unpaired) electrons. The van der Waals surface area contributed by atoms with Gasteiger partial charge in [-0.1, -0.05) is 6.92 Å². The van der Waals surface area contributed by atoms with Gasteiger partial charge >= 0.3 is 0 Å². The number of hydrogen-bond acceptors (Lipinski definition) is 4. The monoisotopic (exact) mass is 382 g/mol. The third-order valence-electron chi connectivity index (χ3n) is 9.51. The number of aliphatic hydroxyl groups excluding tert-OH is 2. The van der Waals surface area contributed by atoms with Crippen LogP contribution >= 0.6 is 11.6 Å². The zero-order chi connectivity index (χ0) is 18.3. The van der Waals surface area contributed by atoms with E-state index >= 15 is 0 Å². The lowest BCUT2D eigenvalue weighted by atomic mass is 9.44. The van der Waals surface area contributed by atoms with Crippen molar-refractivity contribution in [2.45, 2.75) is 75.4 Å². The summed E-state index contributed by atoms with van der Waals surface area (Å²) in [6.45, 7) is 2.73. The molecular weight excluding hydrogens is 352 g/mol. The number of halogens is 1. The van der Waals surface area contributed by atoms with Crippen molar-refractivity contribution in [2.75, 3.05) is 13.2 Å². The summed E-state index contributed by atoms with van der Waals surface area (Å²) in [5, 5.41) is 19.7. The van der Waals surface area contributed by atoms with Crippen molar-refractivity contribution in [2.24, 2.45) is 34.5 Å². The summed E-state index contributed by atoms with van der Waals surface area (Å²) < 4.78 is 6.28. The van der Waals surface area contributed by atoms with Crippen LogP contribution in [0, 0.1) is 34.5 Å². The summed E-state index contributed by atoms with van der Waals surface area (Å²) >= 11 is 7.25. The molecule has 0 aromatic rings. The first-order valence-electron chi connectivity index (χ1n) is 10.5. The summed E-state index contributed by atoms with van der Waals surface area (Å²) in [6, 6.07) is 0. The zero-order valence-electron chi connectivity index (χ0n) is 15.6. The molecule has 1 heterocycles. The van der Waals surface area contributed by atoms with Gasteiger partial charge < -0.3 is 14.9 Å². The summed E-state index contributed by atoms with van der Waals surface area (Å²) in [5.41, 5.74) is 0.0271. The van der Waals surface area contributed by atoms with Crippen LogP contribution < -0.4 is 0 Å². The first kappa shape index (κ1) is 17.9. The highest BCUT2D eigenvalue weighted by Gasteiger charge is 2.72. The summed E-state index contributed by atoms with van der Waals surface area (Å²) in [5.74, 6) is 1.71.